The summed E-state index contributed by atoms with van der Waals surface area (Å²) in [5.74, 6) is 0.0331. The Kier molecular flexibility index (Phi) is 4.01. The molecule has 0 atom stereocenters. The molecule has 1 aromatic carbocycles. The molecule has 1 heterocycles. The van der Waals surface area contributed by atoms with Crippen LogP contribution in [-0.2, 0) is 11.3 Å². The van der Waals surface area contributed by atoms with Crippen molar-refractivity contribution in [1.82, 2.24) is 4.98 Å². The number of benzene rings is 1. The number of carbonyl (C=O) groups is 1. The number of rotatable bonds is 4. The number of aromatic nitrogens is 1. The molecule has 6 heteroatoms. The van der Waals surface area contributed by atoms with Crippen LogP contribution in [0.15, 0.2) is 23.6 Å². The van der Waals surface area contributed by atoms with E-state index < -0.39 is 5.97 Å². The SMILES string of the molecule is COc1cc(C(=O)OCc2nc(C)cs2)ccc1N. The number of esters is 1. The number of hydrogen-bond donors (Lipinski definition) is 1. The topological polar surface area (TPSA) is 74.4 Å². The number of nitrogen functional groups attached to an aromatic ring is 1. The van der Waals surface area contributed by atoms with E-state index in [9.17, 15) is 4.79 Å². The van der Waals surface area contributed by atoms with Gasteiger partial charge in [-0.05, 0) is 25.1 Å². The second-order valence-electron chi connectivity index (χ2n) is 3.92. The summed E-state index contributed by atoms with van der Waals surface area (Å²) in [7, 11) is 1.50. The molecule has 0 bridgehead atoms. The minimum absolute atomic E-state index is 0.171. The van der Waals surface area contributed by atoms with E-state index in [1.165, 1.54) is 18.4 Å². The van der Waals surface area contributed by atoms with Crippen molar-refractivity contribution in [3.05, 3.63) is 39.8 Å². The van der Waals surface area contributed by atoms with Crippen LogP contribution >= 0.6 is 11.3 Å². The van der Waals surface area contributed by atoms with Gasteiger partial charge in [0.15, 0.2) is 0 Å². The fraction of sp³-hybridized carbons (Fsp3) is 0.231. The minimum Gasteiger partial charge on any atom is -0.495 e. The van der Waals surface area contributed by atoms with Gasteiger partial charge in [0.1, 0.15) is 17.4 Å². The second kappa shape index (κ2) is 5.71. The van der Waals surface area contributed by atoms with Crippen molar-refractivity contribution in [2.24, 2.45) is 0 Å². The highest BCUT2D eigenvalue weighted by Gasteiger charge is 2.11. The first-order valence-corrected chi connectivity index (χ1v) is 6.49. The number of methoxy groups -OCH3 is 1. The largest absolute Gasteiger partial charge is 0.495 e. The highest BCUT2D eigenvalue weighted by atomic mass is 32.1. The molecule has 19 heavy (non-hydrogen) atoms. The van der Waals surface area contributed by atoms with Crippen LogP contribution in [-0.4, -0.2) is 18.1 Å². The van der Waals surface area contributed by atoms with Crippen molar-refractivity contribution in [3.8, 4) is 5.75 Å². The smallest absolute Gasteiger partial charge is 0.338 e. The second-order valence-corrected chi connectivity index (χ2v) is 4.86. The van der Waals surface area contributed by atoms with E-state index in [1.807, 2.05) is 12.3 Å². The molecule has 0 aliphatic heterocycles. The Labute approximate surface area is 115 Å². The van der Waals surface area contributed by atoms with Gasteiger partial charge < -0.3 is 15.2 Å². The number of nitrogens with two attached hydrogens (primary N) is 1. The van der Waals surface area contributed by atoms with Crippen LogP contribution in [0.4, 0.5) is 5.69 Å². The van der Waals surface area contributed by atoms with E-state index >= 15 is 0 Å². The Morgan fingerprint density at radius 2 is 2.26 bits per heavy atom. The van der Waals surface area contributed by atoms with Gasteiger partial charge in [0.05, 0.1) is 18.4 Å². The van der Waals surface area contributed by atoms with Crippen molar-refractivity contribution in [2.75, 3.05) is 12.8 Å². The molecule has 0 unspecified atom stereocenters. The van der Waals surface area contributed by atoms with Gasteiger partial charge in [-0.15, -0.1) is 11.3 Å². The molecule has 100 valence electrons. The summed E-state index contributed by atoms with van der Waals surface area (Å²) < 4.78 is 10.2. The van der Waals surface area contributed by atoms with Crippen molar-refractivity contribution < 1.29 is 14.3 Å². The first-order chi connectivity index (χ1) is 9.10. The summed E-state index contributed by atoms with van der Waals surface area (Å²) in [4.78, 5) is 16.1. The lowest BCUT2D eigenvalue weighted by atomic mass is 10.2. The van der Waals surface area contributed by atoms with Crippen molar-refractivity contribution in [2.45, 2.75) is 13.5 Å². The average molecular weight is 278 g/mol. The Morgan fingerprint density at radius 1 is 1.47 bits per heavy atom. The summed E-state index contributed by atoms with van der Waals surface area (Å²) in [5, 5.41) is 2.68. The standard InChI is InChI=1S/C13H14N2O3S/c1-8-7-19-12(15-8)6-18-13(16)9-3-4-10(14)11(5-9)17-2/h3-5,7H,6,14H2,1-2H3. The third-order valence-corrected chi connectivity index (χ3v) is 3.40. The molecule has 0 amide bonds. The first-order valence-electron chi connectivity index (χ1n) is 5.62. The molecule has 0 saturated carbocycles. The molecule has 5 nitrogen and oxygen atoms in total. The molecule has 2 rings (SSSR count). The van der Waals surface area contributed by atoms with Gasteiger partial charge in [-0.2, -0.15) is 0 Å². The van der Waals surface area contributed by atoms with Gasteiger partial charge in [-0.1, -0.05) is 0 Å². The Hall–Kier alpha value is -2.08. The molecular weight excluding hydrogens is 264 g/mol. The van der Waals surface area contributed by atoms with Crippen LogP contribution < -0.4 is 10.5 Å². The third-order valence-electron chi connectivity index (χ3n) is 2.46. The molecule has 0 saturated heterocycles. The van der Waals surface area contributed by atoms with Gasteiger partial charge in [0.25, 0.3) is 0 Å². The van der Waals surface area contributed by atoms with Crippen LogP contribution in [0.25, 0.3) is 0 Å². The van der Waals surface area contributed by atoms with E-state index in [4.69, 9.17) is 15.2 Å². The summed E-state index contributed by atoms with van der Waals surface area (Å²) in [6.07, 6.45) is 0. The molecule has 0 spiro atoms. The highest BCUT2D eigenvalue weighted by molar-refractivity contribution is 7.09. The molecule has 2 aromatic rings. The Balaban J connectivity index is 2.03. The number of ether oxygens (including phenoxy) is 2. The van der Waals surface area contributed by atoms with Gasteiger partial charge in [-0.3, -0.25) is 0 Å². The molecule has 0 aliphatic rings. The van der Waals surface area contributed by atoms with Crippen LogP contribution in [0, 0.1) is 6.92 Å². The quantitative estimate of drug-likeness (QED) is 0.686. The lowest BCUT2D eigenvalue weighted by molar-refractivity contribution is 0.0472. The van der Waals surface area contributed by atoms with E-state index in [1.54, 1.807) is 18.2 Å². The van der Waals surface area contributed by atoms with Crippen LogP contribution in [0.1, 0.15) is 21.1 Å². The van der Waals surface area contributed by atoms with Crippen LogP contribution in [0.2, 0.25) is 0 Å². The van der Waals surface area contributed by atoms with Gasteiger partial charge in [0, 0.05) is 11.1 Å². The van der Waals surface area contributed by atoms with E-state index in [0.29, 0.717) is 17.0 Å². The van der Waals surface area contributed by atoms with Gasteiger partial charge in [0.2, 0.25) is 0 Å². The molecule has 0 radical (unpaired) electrons. The summed E-state index contributed by atoms with van der Waals surface area (Å²) in [6.45, 7) is 2.07. The molecule has 0 aliphatic carbocycles. The maximum absolute atomic E-state index is 11.9. The number of carbonyl (C=O) groups excluding carboxylic acids is 1. The highest BCUT2D eigenvalue weighted by Crippen LogP contribution is 2.22. The average Bonchev–Trinajstić information content (AvgIpc) is 2.82. The summed E-state index contributed by atoms with van der Waals surface area (Å²) in [5.41, 5.74) is 7.49. The number of nitrogens with zero attached hydrogens (tertiary/aromatic N) is 1. The first kappa shape index (κ1) is 13.4. The number of anilines is 1. The van der Waals surface area contributed by atoms with Crippen molar-refractivity contribution in [1.29, 1.82) is 0 Å². The Morgan fingerprint density at radius 3 is 2.89 bits per heavy atom. The normalized spacial score (nSPS) is 10.2. The van der Waals surface area contributed by atoms with Gasteiger partial charge in [-0.25, -0.2) is 9.78 Å². The third kappa shape index (κ3) is 3.23. The lowest BCUT2D eigenvalue weighted by Crippen LogP contribution is -2.06. The number of thiazole rings is 1. The zero-order valence-corrected chi connectivity index (χ0v) is 11.5. The van der Waals surface area contributed by atoms with Crippen molar-refractivity contribution in [3.63, 3.8) is 0 Å². The van der Waals surface area contributed by atoms with E-state index in [-0.39, 0.29) is 6.61 Å². The van der Waals surface area contributed by atoms with Crippen molar-refractivity contribution >= 4 is 23.0 Å². The monoisotopic (exact) mass is 278 g/mol. The van der Waals surface area contributed by atoms with Gasteiger partial charge >= 0.3 is 5.97 Å². The predicted octanol–water partition coefficient (Wildman–Crippen LogP) is 2.40. The maximum atomic E-state index is 11.9. The molecule has 0 fully saturated rings. The number of aryl methyl sites for hydroxylation is 1. The zero-order valence-electron chi connectivity index (χ0n) is 10.7. The minimum atomic E-state index is -0.425. The Bertz CT molecular complexity index is 595. The molecule has 1 aromatic heterocycles. The van der Waals surface area contributed by atoms with E-state index in [0.717, 1.165) is 10.7 Å². The predicted molar refractivity (Wildman–Crippen MR) is 73.4 cm³/mol. The zero-order chi connectivity index (χ0) is 13.8. The fourth-order valence-electron chi connectivity index (χ4n) is 1.52. The van der Waals surface area contributed by atoms with Crippen LogP contribution in [0.5, 0.6) is 5.75 Å². The summed E-state index contributed by atoms with van der Waals surface area (Å²) >= 11 is 1.46. The summed E-state index contributed by atoms with van der Waals surface area (Å²) in [6, 6.07) is 4.78. The molecule has 2 N–H and O–H groups in total. The maximum Gasteiger partial charge on any atom is 0.338 e. The molecular formula is C13H14N2O3S. The lowest BCUT2D eigenvalue weighted by Gasteiger charge is -2.07. The van der Waals surface area contributed by atoms with E-state index in [2.05, 4.69) is 4.98 Å². The number of hydrogen-bond acceptors (Lipinski definition) is 6. The fourth-order valence-corrected chi connectivity index (χ4v) is 2.20. The van der Waals surface area contributed by atoms with Crippen LogP contribution in [0.3, 0.4) is 0 Å².